The molecule has 0 aromatic rings. The summed E-state index contributed by atoms with van der Waals surface area (Å²) in [5.41, 5.74) is 0. The zero-order valence-corrected chi connectivity index (χ0v) is 11.1. The topological polar surface area (TPSA) is 54.5 Å². The summed E-state index contributed by atoms with van der Waals surface area (Å²) in [6, 6.07) is -0.0354. The smallest absolute Gasteiger partial charge is 0.153 e. The summed E-state index contributed by atoms with van der Waals surface area (Å²) in [5, 5.41) is 0. The molecule has 5 heteroatoms. The molecule has 16 heavy (non-hydrogen) atoms. The Morgan fingerprint density at radius 2 is 2.12 bits per heavy atom. The van der Waals surface area contributed by atoms with Gasteiger partial charge in [0.05, 0.1) is 18.1 Å². The van der Waals surface area contributed by atoms with E-state index in [9.17, 15) is 13.2 Å². The van der Waals surface area contributed by atoms with Gasteiger partial charge in [0, 0.05) is 18.5 Å². The van der Waals surface area contributed by atoms with Crippen molar-refractivity contribution >= 4 is 15.6 Å². The molecule has 0 amide bonds. The number of Topliss-reactive ketones (excluding diaryl/α,β-unsaturated/α-hetero) is 1. The maximum absolute atomic E-state index is 11.8. The van der Waals surface area contributed by atoms with Crippen LogP contribution in [0.2, 0.25) is 0 Å². The van der Waals surface area contributed by atoms with Gasteiger partial charge in [0.25, 0.3) is 0 Å². The van der Waals surface area contributed by atoms with Crippen LogP contribution in [0, 0.1) is 5.92 Å². The fourth-order valence-electron chi connectivity index (χ4n) is 1.85. The van der Waals surface area contributed by atoms with Crippen molar-refractivity contribution in [3.63, 3.8) is 0 Å². The van der Waals surface area contributed by atoms with Crippen molar-refractivity contribution in [1.29, 1.82) is 0 Å². The number of ketones is 1. The Kier molecular flexibility index (Phi) is 4.50. The van der Waals surface area contributed by atoms with Crippen molar-refractivity contribution in [2.45, 2.75) is 33.2 Å². The highest BCUT2D eigenvalue weighted by Crippen LogP contribution is 2.13. The predicted octanol–water partition coefficient (Wildman–Crippen LogP) is 0.721. The first kappa shape index (κ1) is 13.6. The number of carbonyl (C=O) groups is 1. The molecule has 1 saturated heterocycles. The minimum absolute atomic E-state index is 0.0354. The largest absolute Gasteiger partial charge is 0.298 e. The number of sulfone groups is 1. The Balaban J connectivity index is 2.54. The Hall–Kier alpha value is -0.420. The summed E-state index contributed by atoms with van der Waals surface area (Å²) in [5.74, 6) is 0.658. The van der Waals surface area contributed by atoms with Crippen molar-refractivity contribution in [1.82, 2.24) is 4.90 Å². The van der Waals surface area contributed by atoms with Crippen LogP contribution in [-0.2, 0) is 14.6 Å². The number of hydrogen-bond donors (Lipinski definition) is 0. The summed E-state index contributed by atoms with van der Waals surface area (Å²) in [7, 11) is -2.88. The van der Waals surface area contributed by atoms with E-state index in [1.807, 2.05) is 25.7 Å². The third-order valence-electron chi connectivity index (χ3n) is 3.33. The van der Waals surface area contributed by atoms with E-state index in [0.29, 0.717) is 13.1 Å². The zero-order chi connectivity index (χ0) is 12.3. The van der Waals surface area contributed by atoms with Crippen LogP contribution in [0.3, 0.4) is 0 Å². The summed E-state index contributed by atoms with van der Waals surface area (Å²) >= 11 is 0. The van der Waals surface area contributed by atoms with Crippen LogP contribution in [0.25, 0.3) is 0 Å². The van der Waals surface area contributed by atoms with Gasteiger partial charge >= 0.3 is 0 Å². The highest BCUT2D eigenvalue weighted by molar-refractivity contribution is 7.91. The first-order valence-electron chi connectivity index (χ1n) is 5.83. The molecule has 1 aliphatic heterocycles. The molecule has 0 spiro atoms. The number of nitrogens with zero attached hydrogens (tertiary/aromatic N) is 1. The predicted molar refractivity (Wildman–Crippen MR) is 64.2 cm³/mol. The van der Waals surface area contributed by atoms with Gasteiger partial charge in [0.1, 0.15) is 5.78 Å². The highest BCUT2D eigenvalue weighted by Gasteiger charge is 2.29. The molecule has 4 nitrogen and oxygen atoms in total. The minimum atomic E-state index is -2.88. The van der Waals surface area contributed by atoms with E-state index in [1.54, 1.807) is 0 Å². The van der Waals surface area contributed by atoms with Crippen molar-refractivity contribution in [2.75, 3.05) is 24.6 Å². The summed E-state index contributed by atoms with van der Waals surface area (Å²) in [4.78, 5) is 13.7. The van der Waals surface area contributed by atoms with Gasteiger partial charge in [-0.1, -0.05) is 13.8 Å². The lowest BCUT2D eigenvalue weighted by Gasteiger charge is -2.32. The number of hydrogen-bond acceptors (Lipinski definition) is 4. The normalized spacial score (nSPS) is 27.6. The van der Waals surface area contributed by atoms with E-state index in [1.165, 1.54) is 0 Å². The van der Waals surface area contributed by atoms with Crippen LogP contribution in [0.15, 0.2) is 0 Å². The SMILES string of the molecule is CCC(C)C(=O)CN1CCS(=O)(=O)CC1C. The second-order valence-corrected chi connectivity index (χ2v) is 6.94. The van der Waals surface area contributed by atoms with Gasteiger partial charge in [0.15, 0.2) is 9.84 Å². The Morgan fingerprint density at radius 1 is 1.50 bits per heavy atom. The maximum atomic E-state index is 11.8. The molecule has 0 N–H and O–H groups in total. The molecule has 0 aliphatic carbocycles. The average Bonchev–Trinajstić information content (AvgIpc) is 2.20. The van der Waals surface area contributed by atoms with Crippen molar-refractivity contribution < 1.29 is 13.2 Å². The molecule has 0 aromatic carbocycles. The van der Waals surface area contributed by atoms with Gasteiger partial charge < -0.3 is 0 Å². The summed E-state index contributed by atoms with van der Waals surface area (Å²) in [6.45, 7) is 6.68. The van der Waals surface area contributed by atoms with Crippen LogP contribution in [0.4, 0.5) is 0 Å². The first-order valence-corrected chi connectivity index (χ1v) is 7.65. The maximum Gasteiger partial charge on any atom is 0.153 e. The highest BCUT2D eigenvalue weighted by atomic mass is 32.2. The van der Waals surface area contributed by atoms with E-state index in [0.717, 1.165) is 6.42 Å². The van der Waals surface area contributed by atoms with E-state index < -0.39 is 9.84 Å². The van der Waals surface area contributed by atoms with Crippen LogP contribution in [0.5, 0.6) is 0 Å². The molecule has 1 fully saturated rings. The molecule has 1 heterocycles. The van der Waals surface area contributed by atoms with Gasteiger partial charge in [-0.15, -0.1) is 0 Å². The molecule has 1 aliphatic rings. The quantitative estimate of drug-likeness (QED) is 0.734. The Morgan fingerprint density at radius 3 is 2.62 bits per heavy atom. The average molecular weight is 247 g/mol. The first-order chi connectivity index (χ1) is 7.35. The van der Waals surface area contributed by atoms with Crippen LogP contribution in [-0.4, -0.2) is 49.7 Å². The van der Waals surface area contributed by atoms with Crippen LogP contribution >= 0.6 is 0 Å². The van der Waals surface area contributed by atoms with Crippen LogP contribution in [0.1, 0.15) is 27.2 Å². The fourth-order valence-corrected chi connectivity index (χ4v) is 3.48. The van der Waals surface area contributed by atoms with Crippen molar-refractivity contribution in [2.24, 2.45) is 5.92 Å². The summed E-state index contributed by atoms with van der Waals surface area (Å²) < 4.78 is 22.7. The van der Waals surface area contributed by atoms with Gasteiger partial charge in [-0.3, -0.25) is 9.69 Å². The molecule has 0 radical (unpaired) electrons. The zero-order valence-electron chi connectivity index (χ0n) is 10.3. The lowest BCUT2D eigenvalue weighted by Crippen LogP contribution is -2.49. The Labute approximate surface area is 97.9 Å². The third-order valence-corrected chi connectivity index (χ3v) is 5.12. The molecule has 0 bridgehead atoms. The molecule has 1 rings (SSSR count). The standard InChI is InChI=1S/C11H21NO3S/c1-4-9(2)11(13)7-12-5-6-16(14,15)8-10(12)3/h9-10H,4-8H2,1-3H3. The molecular weight excluding hydrogens is 226 g/mol. The number of carbonyl (C=O) groups excluding carboxylic acids is 1. The second-order valence-electron chi connectivity index (χ2n) is 4.71. The van der Waals surface area contributed by atoms with Gasteiger partial charge in [-0.25, -0.2) is 8.42 Å². The third kappa shape index (κ3) is 3.56. The lowest BCUT2D eigenvalue weighted by molar-refractivity contribution is -0.124. The molecule has 2 unspecified atom stereocenters. The van der Waals surface area contributed by atoms with Gasteiger partial charge in [-0.05, 0) is 13.3 Å². The molecule has 94 valence electrons. The van der Waals surface area contributed by atoms with Gasteiger partial charge in [0.2, 0.25) is 0 Å². The van der Waals surface area contributed by atoms with E-state index in [-0.39, 0.29) is 29.2 Å². The fraction of sp³-hybridized carbons (Fsp3) is 0.909. The number of rotatable bonds is 4. The minimum Gasteiger partial charge on any atom is -0.298 e. The van der Waals surface area contributed by atoms with Crippen molar-refractivity contribution in [3.05, 3.63) is 0 Å². The molecule has 2 atom stereocenters. The van der Waals surface area contributed by atoms with Crippen LogP contribution < -0.4 is 0 Å². The van der Waals surface area contributed by atoms with Gasteiger partial charge in [-0.2, -0.15) is 0 Å². The lowest BCUT2D eigenvalue weighted by atomic mass is 10.0. The Bertz CT molecular complexity index is 350. The second kappa shape index (κ2) is 5.27. The van der Waals surface area contributed by atoms with E-state index in [2.05, 4.69) is 0 Å². The molecule has 0 saturated carbocycles. The summed E-state index contributed by atoms with van der Waals surface area (Å²) in [6.07, 6.45) is 0.847. The van der Waals surface area contributed by atoms with E-state index >= 15 is 0 Å². The molecular formula is C11H21NO3S. The van der Waals surface area contributed by atoms with Crippen molar-refractivity contribution in [3.8, 4) is 0 Å². The molecule has 0 aromatic heterocycles. The monoisotopic (exact) mass is 247 g/mol. The van der Waals surface area contributed by atoms with E-state index in [4.69, 9.17) is 0 Å².